The molecule has 1 aromatic carbocycles. The molecule has 2 rings (SSSR count). The molecule has 0 saturated heterocycles. The van der Waals surface area contributed by atoms with Crippen LogP contribution < -0.4 is 5.73 Å². The molecule has 1 aliphatic carbocycles. The van der Waals surface area contributed by atoms with Gasteiger partial charge < -0.3 is 10.5 Å². The largest absolute Gasteiger partial charge is 0.462 e. The van der Waals surface area contributed by atoms with Crippen molar-refractivity contribution in [1.29, 1.82) is 0 Å². The van der Waals surface area contributed by atoms with Gasteiger partial charge in [-0.2, -0.15) is 0 Å². The first-order valence-corrected chi connectivity index (χ1v) is 7.68. The number of esters is 1. The molecule has 0 bridgehead atoms. The Balaban J connectivity index is 2.14. The Morgan fingerprint density at radius 1 is 1.30 bits per heavy atom. The minimum Gasteiger partial charge on any atom is -0.462 e. The summed E-state index contributed by atoms with van der Waals surface area (Å²) in [5.41, 5.74) is 9.60. The van der Waals surface area contributed by atoms with Crippen LogP contribution in [0.25, 0.3) is 0 Å². The summed E-state index contributed by atoms with van der Waals surface area (Å²) < 4.78 is 5.06. The van der Waals surface area contributed by atoms with Crippen LogP contribution in [0, 0.1) is 12.8 Å². The fourth-order valence-electron chi connectivity index (χ4n) is 3.09. The highest BCUT2D eigenvalue weighted by Gasteiger charge is 2.18. The van der Waals surface area contributed by atoms with E-state index >= 15 is 0 Å². The van der Waals surface area contributed by atoms with Crippen molar-refractivity contribution in [2.75, 3.05) is 12.3 Å². The third-order valence-corrected chi connectivity index (χ3v) is 4.21. The van der Waals surface area contributed by atoms with Gasteiger partial charge in [0.2, 0.25) is 0 Å². The molecule has 0 spiro atoms. The van der Waals surface area contributed by atoms with E-state index < -0.39 is 0 Å². The Labute approximate surface area is 121 Å². The number of nitrogens with two attached hydrogens (primary N) is 1. The van der Waals surface area contributed by atoms with Crippen LogP contribution in [-0.4, -0.2) is 12.6 Å². The maximum atomic E-state index is 11.8. The zero-order valence-electron chi connectivity index (χ0n) is 12.6. The molecule has 0 aliphatic heterocycles. The van der Waals surface area contributed by atoms with E-state index in [4.69, 9.17) is 10.5 Å². The van der Waals surface area contributed by atoms with Gasteiger partial charge in [0.15, 0.2) is 0 Å². The van der Waals surface area contributed by atoms with Gasteiger partial charge in [0, 0.05) is 5.69 Å². The fraction of sp³-hybridized carbons (Fsp3) is 0.588. The van der Waals surface area contributed by atoms with Crippen LogP contribution in [0.2, 0.25) is 0 Å². The van der Waals surface area contributed by atoms with Gasteiger partial charge in [-0.15, -0.1) is 0 Å². The predicted molar refractivity (Wildman–Crippen MR) is 81.8 cm³/mol. The molecule has 0 radical (unpaired) electrons. The molecular weight excluding hydrogens is 250 g/mol. The summed E-state index contributed by atoms with van der Waals surface area (Å²) >= 11 is 0. The molecule has 0 aromatic heterocycles. The van der Waals surface area contributed by atoms with E-state index in [0.29, 0.717) is 12.2 Å². The highest BCUT2D eigenvalue weighted by molar-refractivity contribution is 5.92. The minimum atomic E-state index is -0.277. The van der Waals surface area contributed by atoms with Crippen molar-refractivity contribution in [3.05, 3.63) is 28.8 Å². The van der Waals surface area contributed by atoms with Gasteiger partial charge in [0.25, 0.3) is 0 Å². The number of hydrogen-bond donors (Lipinski definition) is 1. The average molecular weight is 275 g/mol. The first-order chi connectivity index (χ1) is 9.61. The summed E-state index contributed by atoms with van der Waals surface area (Å²) in [6.45, 7) is 4.16. The van der Waals surface area contributed by atoms with Gasteiger partial charge in [-0.3, -0.25) is 0 Å². The topological polar surface area (TPSA) is 52.3 Å². The van der Waals surface area contributed by atoms with E-state index in [1.807, 2.05) is 13.8 Å². The van der Waals surface area contributed by atoms with E-state index in [1.54, 1.807) is 6.07 Å². The molecule has 0 unspecified atom stereocenters. The first-order valence-electron chi connectivity index (χ1n) is 7.68. The Morgan fingerprint density at radius 2 is 2.00 bits per heavy atom. The zero-order chi connectivity index (χ0) is 14.5. The number of nitrogen functional groups attached to an aromatic ring is 1. The second kappa shape index (κ2) is 6.78. The lowest BCUT2D eigenvalue weighted by Crippen LogP contribution is -2.13. The second-order valence-corrected chi connectivity index (χ2v) is 5.79. The van der Waals surface area contributed by atoms with Crippen molar-refractivity contribution in [3.8, 4) is 0 Å². The number of aryl methyl sites for hydroxylation is 1. The second-order valence-electron chi connectivity index (χ2n) is 5.79. The lowest BCUT2D eigenvalue weighted by atomic mass is 9.84. The average Bonchev–Trinajstić information content (AvgIpc) is 2.44. The Kier molecular flexibility index (Phi) is 5.05. The smallest absolute Gasteiger partial charge is 0.338 e. The molecule has 0 heterocycles. The number of carbonyl (C=O) groups is 1. The Morgan fingerprint density at radius 3 is 2.65 bits per heavy atom. The molecule has 0 amide bonds. The van der Waals surface area contributed by atoms with E-state index in [1.165, 1.54) is 37.7 Å². The molecule has 1 fully saturated rings. The summed E-state index contributed by atoms with van der Waals surface area (Å²) in [5, 5.41) is 0. The van der Waals surface area contributed by atoms with Crippen molar-refractivity contribution in [2.24, 2.45) is 5.92 Å². The Bertz CT molecular complexity index is 476. The summed E-state index contributed by atoms with van der Waals surface area (Å²) in [5.74, 6) is 0.472. The molecule has 110 valence electrons. The summed E-state index contributed by atoms with van der Waals surface area (Å²) in [7, 11) is 0. The lowest BCUT2D eigenvalue weighted by molar-refractivity contribution is 0.0525. The molecular formula is C17H25NO2. The molecule has 3 heteroatoms. The molecule has 2 N–H and O–H groups in total. The standard InChI is InChI=1S/C17H25NO2/c1-3-20-17(19)15-11-16(18)14(9-12(15)2)10-13-7-5-4-6-8-13/h9,11,13H,3-8,10,18H2,1-2H3. The molecule has 20 heavy (non-hydrogen) atoms. The summed E-state index contributed by atoms with van der Waals surface area (Å²) in [4.78, 5) is 11.8. The van der Waals surface area contributed by atoms with Crippen molar-refractivity contribution >= 4 is 11.7 Å². The van der Waals surface area contributed by atoms with Gasteiger partial charge in [-0.05, 0) is 43.4 Å². The molecule has 1 aromatic rings. The normalized spacial score (nSPS) is 16.1. The summed E-state index contributed by atoms with van der Waals surface area (Å²) in [6.07, 6.45) is 7.69. The zero-order valence-corrected chi connectivity index (χ0v) is 12.6. The van der Waals surface area contributed by atoms with Crippen LogP contribution in [0.4, 0.5) is 5.69 Å². The fourth-order valence-corrected chi connectivity index (χ4v) is 3.09. The number of benzene rings is 1. The summed E-state index contributed by atoms with van der Waals surface area (Å²) in [6, 6.07) is 3.85. The highest BCUT2D eigenvalue weighted by atomic mass is 16.5. The van der Waals surface area contributed by atoms with Crippen molar-refractivity contribution < 1.29 is 9.53 Å². The maximum Gasteiger partial charge on any atom is 0.338 e. The number of anilines is 1. The molecule has 1 aliphatic rings. The van der Waals surface area contributed by atoms with Crippen LogP contribution in [0.1, 0.15) is 60.5 Å². The molecule has 1 saturated carbocycles. The van der Waals surface area contributed by atoms with Crippen LogP contribution >= 0.6 is 0 Å². The van der Waals surface area contributed by atoms with E-state index in [-0.39, 0.29) is 5.97 Å². The first kappa shape index (κ1) is 14.9. The van der Waals surface area contributed by atoms with Gasteiger partial charge in [0.05, 0.1) is 12.2 Å². The number of rotatable bonds is 4. The van der Waals surface area contributed by atoms with Gasteiger partial charge in [-0.1, -0.05) is 38.2 Å². The van der Waals surface area contributed by atoms with Crippen LogP contribution in [-0.2, 0) is 11.2 Å². The predicted octanol–water partition coefficient (Wildman–Crippen LogP) is 3.88. The molecule has 0 atom stereocenters. The van der Waals surface area contributed by atoms with E-state index in [0.717, 1.165) is 23.6 Å². The van der Waals surface area contributed by atoms with Crippen LogP contribution in [0.15, 0.2) is 12.1 Å². The van der Waals surface area contributed by atoms with Gasteiger partial charge in [-0.25, -0.2) is 4.79 Å². The monoisotopic (exact) mass is 275 g/mol. The van der Waals surface area contributed by atoms with E-state index in [2.05, 4.69) is 6.07 Å². The van der Waals surface area contributed by atoms with Gasteiger partial charge >= 0.3 is 5.97 Å². The van der Waals surface area contributed by atoms with Crippen molar-refractivity contribution in [1.82, 2.24) is 0 Å². The van der Waals surface area contributed by atoms with Gasteiger partial charge in [0.1, 0.15) is 0 Å². The van der Waals surface area contributed by atoms with Crippen LogP contribution in [0.3, 0.4) is 0 Å². The number of ether oxygens (including phenoxy) is 1. The van der Waals surface area contributed by atoms with E-state index in [9.17, 15) is 4.79 Å². The number of hydrogen-bond acceptors (Lipinski definition) is 3. The number of carbonyl (C=O) groups excluding carboxylic acids is 1. The van der Waals surface area contributed by atoms with Crippen molar-refractivity contribution in [2.45, 2.75) is 52.4 Å². The maximum absolute atomic E-state index is 11.8. The highest BCUT2D eigenvalue weighted by Crippen LogP contribution is 2.30. The third-order valence-electron chi connectivity index (χ3n) is 4.21. The quantitative estimate of drug-likeness (QED) is 0.670. The molecule has 3 nitrogen and oxygen atoms in total. The Hall–Kier alpha value is -1.51. The third kappa shape index (κ3) is 3.53. The van der Waals surface area contributed by atoms with Crippen molar-refractivity contribution in [3.63, 3.8) is 0 Å². The lowest BCUT2D eigenvalue weighted by Gasteiger charge is -2.22. The van der Waals surface area contributed by atoms with Crippen LogP contribution in [0.5, 0.6) is 0 Å². The SMILES string of the molecule is CCOC(=O)c1cc(N)c(CC2CCCCC2)cc1C. The minimum absolute atomic E-state index is 0.277.